The highest BCUT2D eigenvalue weighted by Gasteiger charge is 2.37. The molecule has 1 aromatic carbocycles. The van der Waals surface area contributed by atoms with Gasteiger partial charge in [-0.15, -0.1) is 0 Å². The normalized spacial score (nSPS) is 18.6. The molecule has 1 aromatic rings. The van der Waals surface area contributed by atoms with E-state index < -0.39 is 0 Å². The van der Waals surface area contributed by atoms with Gasteiger partial charge in [-0.1, -0.05) is 31.5 Å². The van der Waals surface area contributed by atoms with Crippen molar-refractivity contribution in [1.29, 1.82) is 0 Å². The largest absolute Gasteiger partial charge is 0.361 e. The molecule has 3 rings (SSSR count). The van der Waals surface area contributed by atoms with Crippen LogP contribution in [0.25, 0.3) is 0 Å². The minimum absolute atomic E-state index is 0.00560. The van der Waals surface area contributed by atoms with E-state index in [4.69, 9.17) is 11.6 Å². The minimum atomic E-state index is -0.133. The topological polar surface area (TPSA) is 52.7 Å². The summed E-state index contributed by atoms with van der Waals surface area (Å²) in [4.78, 5) is 28.1. The second-order valence-electron chi connectivity index (χ2n) is 7.24. The zero-order valence-corrected chi connectivity index (χ0v) is 15.0. The smallest absolute Gasteiger partial charge is 0.241 e. The molecule has 2 heterocycles. The van der Waals surface area contributed by atoms with Crippen LogP contribution in [-0.4, -0.2) is 49.4 Å². The van der Waals surface area contributed by atoms with Crippen LogP contribution in [-0.2, 0) is 15.0 Å². The standard InChI is InChI=1S/C18H24ClN3O2/c1-18(2)12-22(14-7-5-6-13(19)17(14)18)11-15(23)20-10-16(24)21-8-3-4-9-21/h5-7H,3-4,8-12H2,1-2H3,(H,20,23). The summed E-state index contributed by atoms with van der Waals surface area (Å²) in [7, 11) is 0. The van der Waals surface area contributed by atoms with Crippen LogP contribution in [0.3, 0.4) is 0 Å². The molecule has 0 spiro atoms. The Morgan fingerprint density at radius 1 is 1.25 bits per heavy atom. The first-order valence-corrected chi connectivity index (χ1v) is 8.85. The van der Waals surface area contributed by atoms with Gasteiger partial charge in [-0.3, -0.25) is 9.59 Å². The summed E-state index contributed by atoms with van der Waals surface area (Å²) in [5.74, 6) is -0.128. The maximum atomic E-state index is 12.3. The van der Waals surface area contributed by atoms with Gasteiger partial charge in [0.05, 0.1) is 13.1 Å². The van der Waals surface area contributed by atoms with Gasteiger partial charge >= 0.3 is 0 Å². The van der Waals surface area contributed by atoms with Crippen molar-refractivity contribution in [3.63, 3.8) is 0 Å². The number of anilines is 1. The van der Waals surface area contributed by atoms with E-state index in [0.717, 1.165) is 48.7 Å². The Labute approximate surface area is 147 Å². The lowest BCUT2D eigenvalue weighted by Gasteiger charge is -2.22. The van der Waals surface area contributed by atoms with Crippen molar-refractivity contribution in [3.05, 3.63) is 28.8 Å². The number of hydrogen-bond acceptors (Lipinski definition) is 3. The summed E-state index contributed by atoms with van der Waals surface area (Å²) < 4.78 is 0. The maximum Gasteiger partial charge on any atom is 0.241 e. The number of likely N-dealkylation sites (tertiary alicyclic amines) is 1. The molecule has 2 amide bonds. The van der Waals surface area contributed by atoms with Crippen molar-refractivity contribution < 1.29 is 9.59 Å². The third kappa shape index (κ3) is 3.36. The minimum Gasteiger partial charge on any atom is -0.361 e. The van der Waals surface area contributed by atoms with Gasteiger partial charge in [-0.2, -0.15) is 0 Å². The van der Waals surface area contributed by atoms with Crippen molar-refractivity contribution in [2.45, 2.75) is 32.1 Å². The summed E-state index contributed by atoms with van der Waals surface area (Å²) in [5, 5.41) is 3.49. The molecule has 1 fully saturated rings. The summed E-state index contributed by atoms with van der Waals surface area (Å²) in [6.45, 7) is 6.93. The van der Waals surface area contributed by atoms with Gasteiger partial charge in [-0.05, 0) is 25.0 Å². The Morgan fingerprint density at radius 2 is 1.96 bits per heavy atom. The molecule has 24 heavy (non-hydrogen) atoms. The molecule has 0 atom stereocenters. The lowest BCUT2D eigenvalue weighted by Crippen LogP contribution is -2.43. The first kappa shape index (κ1) is 17.1. The molecule has 0 radical (unpaired) electrons. The molecular weight excluding hydrogens is 326 g/mol. The number of benzene rings is 1. The number of nitrogens with one attached hydrogen (secondary N) is 1. The highest BCUT2D eigenvalue weighted by molar-refractivity contribution is 6.32. The second-order valence-corrected chi connectivity index (χ2v) is 7.65. The summed E-state index contributed by atoms with van der Waals surface area (Å²) >= 11 is 6.35. The van der Waals surface area contributed by atoms with Gasteiger partial charge in [0, 0.05) is 41.3 Å². The summed E-state index contributed by atoms with van der Waals surface area (Å²) in [6.07, 6.45) is 2.11. The molecule has 0 saturated carbocycles. The quantitative estimate of drug-likeness (QED) is 0.906. The molecule has 0 bridgehead atoms. The number of amides is 2. The fraction of sp³-hybridized carbons (Fsp3) is 0.556. The zero-order valence-electron chi connectivity index (χ0n) is 14.3. The Balaban J connectivity index is 1.60. The summed E-state index contributed by atoms with van der Waals surface area (Å²) in [5.41, 5.74) is 2.00. The Kier molecular flexibility index (Phi) is 4.72. The van der Waals surface area contributed by atoms with Crippen LogP contribution in [0.1, 0.15) is 32.3 Å². The first-order chi connectivity index (χ1) is 11.4. The third-order valence-electron chi connectivity index (χ3n) is 4.83. The van der Waals surface area contributed by atoms with E-state index >= 15 is 0 Å². The number of rotatable bonds is 4. The van der Waals surface area contributed by atoms with Crippen LogP contribution < -0.4 is 10.2 Å². The maximum absolute atomic E-state index is 12.3. The lowest BCUT2D eigenvalue weighted by atomic mass is 9.87. The Hall–Kier alpha value is -1.75. The van der Waals surface area contributed by atoms with Crippen LogP contribution in [0, 0.1) is 0 Å². The van der Waals surface area contributed by atoms with Crippen molar-refractivity contribution in [3.8, 4) is 0 Å². The molecule has 1 saturated heterocycles. The number of nitrogens with zero attached hydrogens (tertiary/aromatic N) is 2. The van der Waals surface area contributed by atoms with Gasteiger partial charge in [0.15, 0.2) is 0 Å². The number of carbonyl (C=O) groups excluding carboxylic acids is 2. The van der Waals surface area contributed by atoms with E-state index in [1.54, 1.807) is 0 Å². The van der Waals surface area contributed by atoms with Crippen LogP contribution in [0.2, 0.25) is 5.02 Å². The molecule has 130 valence electrons. The Bertz CT molecular complexity index is 654. The van der Waals surface area contributed by atoms with Crippen molar-refractivity contribution in [2.75, 3.05) is 37.6 Å². The monoisotopic (exact) mass is 349 g/mol. The average Bonchev–Trinajstić information content (AvgIpc) is 3.13. The van der Waals surface area contributed by atoms with Gasteiger partial charge in [0.25, 0.3) is 0 Å². The second kappa shape index (κ2) is 6.63. The molecule has 5 nitrogen and oxygen atoms in total. The molecule has 1 N–H and O–H groups in total. The highest BCUT2D eigenvalue weighted by Crippen LogP contribution is 2.44. The van der Waals surface area contributed by atoms with Gasteiger partial charge in [0.1, 0.15) is 0 Å². The van der Waals surface area contributed by atoms with Crippen LogP contribution in [0.4, 0.5) is 5.69 Å². The van der Waals surface area contributed by atoms with E-state index in [1.807, 2.05) is 28.0 Å². The fourth-order valence-corrected chi connectivity index (χ4v) is 4.14. The van der Waals surface area contributed by atoms with E-state index in [1.165, 1.54) is 0 Å². The SMILES string of the molecule is CC1(C)CN(CC(=O)NCC(=O)N2CCCC2)c2cccc(Cl)c21. The van der Waals surface area contributed by atoms with Crippen molar-refractivity contribution in [2.24, 2.45) is 0 Å². The van der Waals surface area contributed by atoms with Crippen LogP contribution in [0.15, 0.2) is 18.2 Å². The van der Waals surface area contributed by atoms with E-state index in [0.29, 0.717) is 0 Å². The first-order valence-electron chi connectivity index (χ1n) is 8.47. The fourth-order valence-electron chi connectivity index (χ4n) is 3.71. The molecule has 0 aromatic heterocycles. The molecule has 0 unspecified atom stereocenters. The predicted octanol–water partition coefficient (Wildman–Crippen LogP) is 2.18. The molecule has 0 aliphatic carbocycles. The van der Waals surface area contributed by atoms with Crippen LogP contribution >= 0.6 is 11.6 Å². The van der Waals surface area contributed by atoms with Gasteiger partial charge in [-0.25, -0.2) is 0 Å². The van der Waals surface area contributed by atoms with E-state index in [9.17, 15) is 9.59 Å². The van der Waals surface area contributed by atoms with E-state index in [2.05, 4.69) is 19.2 Å². The molecule has 2 aliphatic heterocycles. The number of carbonyl (C=O) groups is 2. The van der Waals surface area contributed by atoms with Crippen LogP contribution in [0.5, 0.6) is 0 Å². The Morgan fingerprint density at radius 3 is 2.67 bits per heavy atom. The van der Waals surface area contributed by atoms with Crippen molar-refractivity contribution >= 4 is 29.1 Å². The van der Waals surface area contributed by atoms with Gasteiger partial charge in [0.2, 0.25) is 11.8 Å². The van der Waals surface area contributed by atoms with Gasteiger partial charge < -0.3 is 15.1 Å². The third-order valence-corrected chi connectivity index (χ3v) is 5.14. The van der Waals surface area contributed by atoms with E-state index in [-0.39, 0.29) is 30.3 Å². The lowest BCUT2D eigenvalue weighted by molar-refractivity contribution is -0.131. The zero-order chi connectivity index (χ0) is 17.3. The molecule has 2 aliphatic rings. The highest BCUT2D eigenvalue weighted by atomic mass is 35.5. The molecular formula is C18H24ClN3O2. The average molecular weight is 350 g/mol. The van der Waals surface area contributed by atoms with Crippen molar-refractivity contribution in [1.82, 2.24) is 10.2 Å². The number of fused-ring (bicyclic) bond motifs is 1. The summed E-state index contributed by atoms with van der Waals surface area (Å²) in [6, 6.07) is 5.80. The number of hydrogen-bond donors (Lipinski definition) is 1. The number of halogens is 1. The molecule has 6 heteroatoms. The predicted molar refractivity (Wildman–Crippen MR) is 95.5 cm³/mol.